The Morgan fingerprint density at radius 3 is 2.50 bits per heavy atom. The summed E-state index contributed by atoms with van der Waals surface area (Å²) in [6, 6.07) is 0. The van der Waals surface area contributed by atoms with Crippen LogP contribution in [0.5, 0.6) is 0 Å². The van der Waals surface area contributed by atoms with E-state index in [1.54, 1.807) is 5.57 Å². The van der Waals surface area contributed by atoms with Gasteiger partial charge in [0, 0.05) is 13.1 Å². The Hall–Kier alpha value is -1.31. The van der Waals surface area contributed by atoms with Crippen molar-refractivity contribution >= 4 is 5.91 Å². The first kappa shape index (κ1) is 21.4. The van der Waals surface area contributed by atoms with Crippen LogP contribution < -0.4 is 0 Å². The van der Waals surface area contributed by atoms with Crippen LogP contribution in [0.15, 0.2) is 37.0 Å². The summed E-state index contributed by atoms with van der Waals surface area (Å²) < 4.78 is 0. The summed E-state index contributed by atoms with van der Waals surface area (Å²) in [5, 5.41) is 0. The van der Waals surface area contributed by atoms with E-state index in [-0.39, 0.29) is 10.8 Å². The van der Waals surface area contributed by atoms with E-state index in [0.29, 0.717) is 30.8 Å². The lowest BCUT2D eigenvalue weighted by atomic mass is 9.46. The highest BCUT2D eigenvalue weighted by Crippen LogP contribution is 2.63. The highest BCUT2D eigenvalue weighted by molar-refractivity contribution is 5.83. The third-order valence-corrected chi connectivity index (χ3v) is 8.58. The van der Waals surface area contributed by atoms with Crippen molar-refractivity contribution in [3.63, 3.8) is 0 Å². The van der Waals surface area contributed by atoms with Crippen molar-refractivity contribution in [3.05, 3.63) is 37.0 Å². The van der Waals surface area contributed by atoms with E-state index in [9.17, 15) is 4.79 Å². The average Bonchev–Trinajstić information content (AvgIpc) is 2.66. The zero-order chi connectivity index (χ0) is 20.5. The van der Waals surface area contributed by atoms with Gasteiger partial charge in [-0.1, -0.05) is 57.9 Å². The van der Waals surface area contributed by atoms with E-state index in [0.717, 1.165) is 24.7 Å². The van der Waals surface area contributed by atoms with E-state index < -0.39 is 0 Å². The lowest BCUT2D eigenvalue weighted by molar-refractivity contribution is -0.155. The van der Waals surface area contributed by atoms with Gasteiger partial charge in [-0.2, -0.15) is 0 Å². The fraction of sp³-hybridized carbons (Fsp3) is 0.731. The van der Waals surface area contributed by atoms with Gasteiger partial charge in [-0.05, 0) is 67.6 Å². The molecule has 2 saturated carbocycles. The van der Waals surface area contributed by atoms with E-state index in [4.69, 9.17) is 0 Å². The van der Waals surface area contributed by atoms with Crippen LogP contribution in [0.1, 0.15) is 72.6 Å². The Morgan fingerprint density at radius 1 is 1.21 bits per heavy atom. The minimum absolute atomic E-state index is 0.267. The second kappa shape index (κ2) is 8.20. The fourth-order valence-corrected chi connectivity index (χ4v) is 6.96. The third-order valence-electron chi connectivity index (χ3n) is 8.58. The molecule has 0 aromatic rings. The van der Waals surface area contributed by atoms with Crippen molar-refractivity contribution < 1.29 is 4.79 Å². The summed E-state index contributed by atoms with van der Waals surface area (Å²) in [6.45, 7) is 18.5. The number of fused-ring (bicyclic) bond motifs is 3. The van der Waals surface area contributed by atoms with Crippen molar-refractivity contribution in [1.29, 1.82) is 0 Å². The monoisotopic (exact) mass is 383 g/mol. The molecule has 1 amide bonds. The highest BCUT2D eigenvalue weighted by Gasteiger charge is 2.57. The fourth-order valence-electron chi connectivity index (χ4n) is 6.96. The van der Waals surface area contributed by atoms with E-state index in [1.807, 2.05) is 17.1 Å². The van der Waals surface area contributed by atoms with Gasteiger partial charge < -0.3 is 4.90 Å². The van der Waals surface area contributed by atoms with Gasteiger partial charge in [0.2, 0.25) is 5.91 Å². The second-order valence-electron chi connectivity index (χ2n) is 10.5. The molecule has 3 aliphatic rings. The summed E-state index contributed by atoms with van der Waals surface area (Å²) in [5.74, 6) is 3.06. The Balaban J connectivity index is 1.91. The maximum absolute atomic E-state index is 13.7. The first-order valence-electron chi connectivity index (χ1n) is 11.5. The Morgan fingerprint density at radius 2 is 1.89 bits per heavy atom. The molecule has 2 heteroatoms. The first-order valence-corrected chi connectivity index (χ1v) is 11.5. The number of carbonyl (C=O) groups is 1. The van der Waals surface area contributed by atoms with Crippen LogP contribution in [-0.4, -0.2) is 23.9 Å². The van der Waals surface area contributed by atoms with Crippen LogP contribution in [0.2, 0.25) is 0 Å². The van der Waals surface area contributed by atoms with Crippen molar-refractivity contribution in [2.45, 2.75) is 72.6 Å². The lowest BCUT2D eigenvalue weighted by Gasteiger charge is -2.59. The van der Waals surface area contributed by atoms with E-state index >= 15 is 0 Å². The zero-order valence-electron chi connectivity index (χ0n) is 18.7. The molecule has 2 unspecified atom stereocenters. The van der Waals surface area contributed by atoms with Crippen LogP contribution >= 0.6 is 0 Å². The highest BCUT2D eigenvalue weighted by atomic mass is 16.2. The second-order valence-corrected chi connectivity index (χ2v) is 10.5. The van der Waals surface area contributed by atoms with Gasteiger partial charge in [-0.25, -0.2) is 0 Å². The van der Waals surface area contributed by atoms with Gasteiger partial charge in [0.1, 0.15) is 0 Å². The smallest absolute Gasteiger partial charge is 0.229 e. The lowest BCUT2D eigenvalue weighted by Crippen LogP contribution is -2.56. The van der Waals surface area contributed by atoms with E-state index in [1.165, 1.54) is 32.1 Å². The number of amides is 1. The standard InChI is InChI=1S/C26H41NO/c1-7-16-27(17-8-2)24(28)26(6)15-9-14-25(5)22-12-10-20(19(3)4)18-21(22)11-13-23(25)26/h7-8,11,19-20,22-23H,1-2,9-10,12-18H2,3-6H3/t20?,22-,23?,25+,26+/m0/s1. The van der Waals surface area contributed by atoms with Crippen molar-refractivity contribution in [1.82, 2.24) is 4.90 Å². The van der Waals surface area contributed by atoms with Gasteiger partial charge in [0.05, 0.1) is 5.41 Å². The van der Waals surface area contributed by atoms with E-state index in [2.05, 4.69) is 46.9 Å². The number of hydrogen-bond donors (Lipinski definition) is 0. The number of nitrogens with zero attached hydrogens (tertiary/aromatic N) is 1. The van der Waals surface area contributed by atoms with Crippen LogP contribution in [0.3, 0.4) is 0 Å². The van der Waals surface area contributed by atoms with Crippen LogP contribution in [0, 0.1) is 34.5 Å². The van der Waals surface area contributed by atoms with Crippen LogP contribution in [0.4, 0.5) is 0 Å². The van der Waals surface area contributed by atoms with Gasteiger partial charge >= 0.3 is 0 Å². The summed E-state index contributed by atoms with van der Waals surface area (Å²) in [6.07, 6.45) is 14.7. The maximum atomic E-state index is 13.7. The van der Waals surface area contributed by atoms with Gasteiger partial charge in [0.25, 0.3) is 0 Å². The average molecular weight is 384 g/mol. The molecule has 0 aromatic heterocycles. The summed E-state index contributed by atoms with van der Waals surface area (Å²) in [4.78, 5) is 15.7. The number of carbonyl (C=O) groups excluding carboxylic acids is 1. The topological polar surface area (TPSA) is 20.3 Å². The molecule has 28 heavy (non-hydrogen) atoms. The Kier molecular flexibility index (Phi) is 6.27. The molecule has 0 aliphatic heterocycles. The predicted octanol–water partition coefficient (Wildman–Crippen LogP) is 6.40. The molecule has 0 saturated heterocycles. The summed E-state index contributed by atoms with van der Waals surface area (Å²) in [5.41, 5.74) is 1.72. The Bertz CT molecular complexity index is 637. The molecule has 0 N–H and O–H groups in total. The minimum Gasteiger partial charge on any atom is -0.335 e. The third kappa shape index (κ3) is 3.53. The molecule has 3 aliphatic carbocycles. The van der Waals surface area contributed by atoms with Gasteiger partial charge in [0.15, 0.2) is 0 Å². The van der Waals surface area contributed by atoms with Crippen molar-refractivity contribution in [2.75, 3.05) is 13.1 Å². The number of allylic oxidation sites excluding steroid dienone is 2. The molecule has 2 nitrogen and oxygen atoms in total. The molecule has 0 spiro atoms. The molecule has 0 heterocycles. The van der Waals surface area contributed by atoms with Crippen LogP contribution in [-0.2, 0) is 4.79 Å². The van der Waals surface area contributed by atoms with Crippen molar-refractivity contribution in [2.24, 2.45) is 34.5 Å². The first-order chi connectivity index (χ1) is 13.3. The molecule has 3 rings (SSSR count). The summed E-state index contributed by atoms with van der Waals surface area (Å²) in [7, 11) is 0. The molecule has 0 radical (unpaired) electrons. The maximum Gasteiger partial charge on any atom is 0.229 e. The van der Waals surface area contributed by atoms with Gasteiger partial charge in [-0.15, -0.1) is 13.2 Å². The molecule has 0 bridgehead atoms. The Labute approximate surface area is 173 Å². The largest absolute Gasteiger partial charge is 0.335 e. The molecule has 5 atom stereocenters. The molecular formula is C26H41NO. The SMILES string of the molecule is C=CCN(CC=C)C(=O)[C@]1(C)CCC[C@@]2(C)C1CC=C1CC(C(C)C)CC[C@@H]12. The summed E-state index contributed by atoms with van der Waals surface area (Å²) >= 11 is 0. The zero-order valence-corrected chi connectivity index (χ0v) is 18.7. The normalized spacial score (nSPS) is 37.5. The number of rotatable bonds is 6. The molecular weight excluding hydrogens is 342 g/mol. The predicted molar refractivity (Wildman–Crippen MR) is 119 cm³/mol. The molecule has 156 valence electrons. The quantitative estimate of drug-likeness (QED) is 0.486. The van der Waals surface area contributed by atoms with Crippen molar-refractivity contribution in [3.8, 4) is 0 Å². The number of hydrogen-bond acceptors (Lipinski definition) is 1. The van der Waals surface area contributed by atoms with Crippen LogP contribution in [0.25, 0.3) is 0 Å². The molecule has 0 aromatic carbocycles. The van der Waals surface area contributed by atoms with Gasteiger partial charge in [-0.3, -0.25) is 4.79 Å². The minimum atomic E-state index is -0.268. The molecule has 2 fully saturated rings.